The van der Waals surface area contributed by atoms with Crippen molar-refractivity contribution in [3.05, 3.63) is 78.1 Å². The largest absolute Gasteiger partial charge is 0.352 e. The average Bonchev–Trinajstić information content (AvgIpc) is 3.12. The summed E-state index contributed by atoms with van der Waals surface area (Å²) in [7, 11) is 1.70. The molecule has 3 aromatic rings. The quantitative estimate of drug-likeness (QED) is 0.345. The minimum atomic E-state index is -0.244. The van der Waals surface area contributed by atoms with Gasteiger partial charge in [0.1, 0.15) is 12.1 Å². The van der Waals surface area contributed by atoms with Crippen LogP contribution in [0.2, 0.25) is 0 Å². The normalized spacial score (nSPS) is 10.9. The highest BCUT2D eigenvalue weighted by Gasteiger charge is 2.07. The summed E-state index contributed by atoms with van der Waals surface area (Å²) in [5.74, 6) is 1.16. The lowest BCUT2D eigenvalue weighted by molar-refractivity contribution is 0.626. The van der Waals surface area contributed by atoms with Gasteiger partial charge in [-0.2, -0.15) is 0 Å². The van der Waals surface area contributed by atoms with Gasteiger partial charge in [0.05, 0.1) is 6.54 Å². The van der Waals surface area contributed by atoms with E-state index in [-0.39, 0.29) is 29.8 Å². The molecule has 0 unspecified atom stereocenters. The van der Waals surface area contributed by atoms with Crippen molar-refractivity contribution in [2.45, 2.75) is 13.1 Å². The second-order valence-corrected chi connectivity index (χ2v) is 5.36. The van der Waals surface area contributed by atoms with Crippen molar-refractivity contribution in [2.75, 3.05) is 7.05 Å². The predicted molar refractivity (Wildman–Crippen MR) is 110 cm³/mol. The maximum absolute atomic E-state index is 12.9. The summed E-state index contributed by atoms with van der Waals surface area (Å²) in [5.41, 5.74) is 1.97. The van der Waals surface area contributed by atoms with E-state index >= 15 is 0 Å². The van der Waals surface area contributed by atoms with Gasteiger partial charge < -0.3 is 10.6 Å². The molecule has 2 N–H and O–H groups in total. The minimum absolute atomic E-state index is 0. The molecule has 0 saturated carbocycles. The summed E-state index contributed by atoms with van der Waals surface area (Å²) in [5, 5.41) is 14.5. The standard InChI is InChI=1S/C18H19FN6.HI/c1-20-18(21-11-14-7-9-15(19)10-8-14)22-12-17-24-23-13-25(17)16-5-3-2-4-6-16;/h2-10,13H,11-12H2,1H3,(H2,20,21,22);1H. The van der Waals surface area contributed by atoms with Crippen molar-refractivity contribution in [3.63, 3.8) is 0 Å². The van der Waals surface area contributed by atoms with Crippen molar-refractivity contribution >= 4 is 29.9 Å². The topological polar surface area (TPSA) is 67.1 Å². The van der Waals surface area contributed by atoms with Crippen LogP contribution in [-0.2, 0) is 13.1 Å². The highest BCUT2D eigenvalue weighted by atomic mass is 127. The molecule has 26 heavy (non-hydrogen) atoms. The van der Waals surface area contributed by atoms with Crippen LogP contribution in [0.4, 0.5) is 4.39 Å². The van der Waals surface area contributed by atoms with Crippen LogP contribution >= 0.6 is 24.0 Å². The third kappa shape index (κ3) is 5.25. The first-order valence-electron chi connectivity index (χ1n) is 7.89. The van der Waals surface area contributed by atoms with Crippen LogP contribution in [0.1, 0.15) is 11.4 Å². The molecule has 0 saturated heterocycles. The molecule has 0 aliphatic rings. The van der Waals surface area contributed by atoms with Crippen molar-refractivity contribution in [1.29, 1.82) is 0 Å². The van der Waals surface area contributed by atoms with Crippen molar-refractivity contribution in [3.8, 4) is 5.69 Å². The summed E-state index contributed by atoms with van der Waals surface area (Å²) in [4.78, 5) is 4.19. The van der Waals surface area contributed by atoms with Gasteiger partial charge in [-0.05, 0) is 29.8 Å². The number of halogens is 2. The molecule has 8 heteroatoms. The molecular formula is C18H20FIN6. The smallest absolute Gasteiger partial charge is 0.191 e. The Labute approximate surface area is 168 Å². The van der Waals surface area contributed by atoms with Gasteiger partial charge in [-0.3, -0.25) is 9.56 Å². The summed E-state index contributed by atoms with van der Waals surface area (Å²) in [6.07, 6.45) is 1.68. The molecule has 2 aromatic carbocycles. The lowest BCUT2D eigenvalue weighted by atomic mass is 10.2. The zero-order chi connectivity index (χ0) is 17.5. The molecular weight excluding hydrogens is 446 g/mol. The van der Waals surface area contributed by atoms with E-state index in [4.69, 9.17) is 0 Å². The molecule has 0 aliphatic carbocycles. The second-order valence-electron chi connectivity index (χ2n) is 5.36. The van der Waals surface area contributed by atoms with E-state index in [1.54, 1.807) is 25.5 Å². The van der Waals surface area contributed by atoms with E-state index in [9.17, 15) is 4.39 Å². The van der Waals surface area contributed by atoms with E-state index in [0.717, 1.165) is 17.1 Å². The van der Waals surface area contributed by atoms with Crippen molar-refractivity contribution in [2.24, 2.45) is 4.99 Å². The Bertz CT molecular complexity index is 832. The van der Waals surface area contributed by atoms with Crippen LogP contribution in [0.15, 0.2) is 65.9 Å². The van der Waals surface area contributed by atoms with Crippen molar-refractivity contribution in [1.82, 2.24) is 25.4 Å². The van der Waals surface area contributed by atoms with Gasteiger partial charge in [0.15, 0.2) is 11.8 Å². The lowest BCUT2D eigenvalue weighted by Crippen LogP contribution is -2.36. The van der Waals surface area contributed by atoms with Gasteiger partial charge in [-0.15, -0.1) is 34.2 Å². The SMILES string of the molecule is CN=C(NCc1ccc(F)cc1)NCc1nncn1-c1ccccc1.I. The number of benzene rings is 2. The lowest BCUT2D eigenvalue weighted by Gasteiger charge is -2.12. The van der Waals surface area contributed by atoms with E-state index in [2.05, 4.69) is 25.8 Å². The van der Waals surface area contributed by atoms with Crippen LogP contribution in [0.25, 0.3) is 5.69 Å². The Kier molecular flexibility index (Phi) is 7.52. The Hall–Kier alpha value is -2.49. The highest BCUT2D eigenvalue weighted by molar-refractivity contribution is 14.0. The third-order valence-corrected chi connectivity index (χ3v) is 3.66. The molecule has 136 valence electrons. The Morgan fingerprint density at radius 1 is 1.04 bits per heavy atom. The fourth-order valence-corrected chi connectivity index (χ4v) is 2.36. The first-order chi connectivity index (χ1) is 12.3. The summed E-state index contributed by atoms with van der Waals surface area (Å²) in [6.45, 7) is 1.02. The molecule has 3 rings (SSSR count). The second kappa shape index (κ2) is 9.85. The van der Waals surface area contributed by atoms with Crippen LogP contribution in [0, 0.1) is 5.82 Å². The van der Waals surface area contributed by atoms with Gasteiger partial charge >= 0.3 is 0 Å². The number of nitrogens with zero attached hydrogens (tertiary/aromatic N) is 4. The number of guanidine groups is 1. The van der Waals surface area contributed by atoms with Crippen LogP contribution < -0.4 is 10.6 Å². The average molecular weight is 466 g/mol. The van der Waals surface area contributed by atoms with Gasteiger partial charge in [-0.25, -0.2) is 4.39 Å². The zero-order valence-corrected chi connectivity index (χ0v) is 16.6. The van der Waals surface area contributed by atoms with Crippen LogP contribution in [0.5, 0.6) is 0 Å². The number of aliphatic imine (C=N–C) groups is 1. The molecule has 0 fully saturated rings. The number of para-hydroxylation sites is 1. The molecule has 0 aliphatic heterocycles. The van der Waals surface area contributed by atoms with E-state index < -0.39 is 0 Å². The monoisotopic (exact) mass is 466 g/mol. The number of hydrogen-bond donors (Lipinski definition) is 2. The van der Waals surface area contributed by atoms with Gasteiger partial charge in [0.25, 0.3) is 0 Å². The van der Waals surface area contributed by atoms with Crippen molar-refractivity contribution < 1.29 is 4.39 Å². The minimum Gasteiger partial charge on any atom is -0.352 e. The van der Waals surface area contributed by atoms with Crippen LogP contribution in [-0.4, -0.2) is 27.8 Å². The third-order valence-electron chi connectivity index (χ3n) is 3.66. The zero-order valence-electron chi connectivity index (χ0n) is 14.3. The Morgan fingerprint density at radius 2 is 1.73 bits per heavy atom. The van der Waals surface area contributed by atoms with Gasteiger partial charge in [0.2, 0.25) is 0 Å². The maximum atomic E-state index is 12.9. The molecule has 0 spiro atoms. The first-order valence-corrected chi connectivity index (χ1v) is 7.89. The number of rotatable bonds is 5. The number of aromatic nitrogens is 3. The number of nitrogens with one attached hydrogen (secondary N) is 2. The van der Waals surface area contributed by atoms with E-state index in [0.29, 0.717) is 19.0 Å². The first kappa shape index (κ1) is 19.8. The summed E-state index contributed by atoms with van der Waals surface area (Å²) < 4.78 is 14.9. The molecule has 6 nitrogen and oxygen atoms in total. The highest BCUT2D eigenvalue weighted by Crippen LogP contribution is 2.08. The number of hydrogen-bond acceptors (Lipinski definition) is 3. The van der Waals surface area contributed by atoms with E-state index in [1.807, 2.05) is 34.9 Å². The fraction of sp³-hybridized carbons (Fsp3) is 0.167. The predicted octanol–water partition coefficient (Wildman–Crippen LogP) is 2.89. The van der Waals surface area contributed by atoms with Crippen LogP contribution in [0.3, 0.4) is 0 Å². The van der Waals surface area contributed by atoms with E-state index in [1.165, 1.54) is 12.1 Å². The Morgan fingerprint density at radius 3 is 2.42 bits per heavy atom. The molecule has 0 bridgehead atoms. The molecule has 0 amide bonds. The molecule has 0 atom stereocenters. The van der Waals surface area contributed by atoms with Gasteiger partial charge in [-0.1, -0.05) is 30.3 Å². The fourth-order valence-electron chi connectivity index (χ4n) is 2.36. The van der Waals surface area contributed by atoms with Gasteiger partial charge in [0, 0.05) is 19.3 Å². The summed E-state index contributed by atoms with van der Waals surface area (Å²) >= 11 is 0. The Balaban J connectivity index is 0.00000243. The molecule has 0 radical (unpaired) electrons. The maximum Gasteiger partial charge on any atom is 0.191 e. The molecule has 1 aromatic heterocycles. The molecule has 1 heterocycles. The summed E-state index contributed by atoms with van der Waals surface area (Å²) in [6, 6.07) is 16.2.